The summed E-state index contributed by atoms with van der Waals surface area (Å²) in [6.07, 6.45) is 109. The smallest absolute Gasteiger partial charge is 0.462 e. The monoisotopic (exact) mass is 1390 g/mol. The first-order valence-corrected chi connectivity index (χ1v) is 43.8. The molecule has 0 aliphatic rings. The van der Waals surface area contributed by atoms with Crippen molar-refractivity contribution in [3.63, 3.8) is 0 Å². The number of unbranched alkanes of at least 4 members (excludes halogenated alkanes) is 51. The number of nitrogens with zero attached hydrogens (tertiary/aromatic N) is 1. The van der Waals surface area contributed by atoms with Gasteiger partial charge in [0.25, 0.3) is 0 Å². The third-order valence-corrected chi connectivity index (χ3v) is 19.9. The maximum atomic E-state index is 12.9. The molecule has 0 radical (unpaired) electrons. The normalized spacial score (nSPS) is 13.4. The Morgan fingerprint density at radius 1 is 0.327 bits per heavy atom. The van der Waals surface area contributed by atoms with Gasteiger partial charge in [0.15, 0.2) is 6.10 Å². The molecular formula is C88H163NO8P+. The van der Waals surface area contributed by atoms with Crippen LogP contribution in [0.25, 0.3) is 0 Å². The van der Waals surface area contributed by atoms with Gasteiger partial charge in [-0.05, 0) is 89.9 Å². The van der Waals surface area contributed by atoms with Gasteiger partial charge in [0.05, 0.1) is 27.7 Å². The molecule has 0 heterocycles. The van der Waals surface area contributed by atoms with E-state index in [1.54, 1.807) is 0 Å². The second-order valence-corrected chi connectivity index (χ2v) is 31.3. The highest BCUT2D eigenvalue weighted by atomic mass is 31.2. The number of carbonyl (C=O) groups excluding carboxylic acids is 2. The molecule has 0 saturated carbocycles. The van der Waals surface area contributed by atoms with E-state index in [1.807, 2.05) is 21.1 Å². The van der Waals surface area contributed by atoms with E-state index in [4.69, 9.17) is 18.5 Å². The quantitative estimate of drug-likeness (QED) is 0.0211. The molecule has 0 fully saturated rings. The Morgan fingerprint density at radius 2 is 0.582 bits per heavy atom. The second kappa shape index (κ2) is 78.3. The summed E-state index contributed by atoms with van der Waals surface area (Å²) in [6, 6.07) is 0. The number of ether oxygens (including phenoxy) is 2. The number of quaternary nitrogens is 1. The highest BCUT2D eigenvalue weighted by Gasteiger charge is 2.27. The lowest BCUT2D eigenvalue weighted by Gasteiger charge is -2.24. The van der Waals surface area contributed by atoms with Crippen molar-refractivity contribution in [1.29, 1.82) is 0 Å². The summed E-state index contributed by atoms with van der Waals surface area (Å²) in [5, 5.41) is 0. The number of rotatable bonds is 79. The third kappa shape index (κ3) is 82.1. The molecule has 0 rings (SSSR count). The Kier molecular flexibility index (Phi) is 76.1. The van der Waals surface area contributed by atoms with E-state index in [0.717, 1.165) is 70.6 Å². The summed E-state index contributed by atoms with van der Waals surface area (Å²) in [5.41, 5.74) is 0. The Morgan fingerprint density at radius 3 is 0.867 bits per heavy atom. The number of phosphoric ester groups is 1. The second-order valence-electron chi connectivity index (χ2n) is 29.8. The van der Waals surface area contributed by atoms with Crippen LogP contribution in [-0.2, 0) is 32.7 Å². The molecule has 572 valence electrons. The number of phosphoric acid groups is 1. The number of hydrogen-bond acceptors (Lipinski definition) is 7. The molecule has 0 aromatic carbocycles. The molecule has 10 heteroatoms. The molecule has 1 N–H and O–H groups in total. The van der Waals surface area contributed by atoms with Crippen molar-refractivity contribution < 1.29 is 42.1 Å². The fraction of sp³-hybridized carbons (Fsp3) is 0.818. The van der Waals surface area contributed by atoms with Gasteiger partial charge in [0.2, 0.25) is 0 Å². The summed E-state index contributed by atoms with van der Waals surface area (Å²) >= 11 is 0. The topological polar surface area (TPSA) is 108 Å². The summed E-state index contributed by atoms with van der Waals surface area (Å²) in [4.78, 5) is 36.0. The zero-order valence-corrected chi connectivity index (χ0v) is 66.4. The van der Waals surface area contributed by atoms with Crippen molar-refractivity contribution >= 4 is 19.8 Å². The molecule has 9 nitrogen and oxygen atoms in total. The number of hydrogen-bond donors (Lipinski definition) is 1. The largest absolute Gasteiger partial charge is 0.472 e. The Bertz CT molecular complexity index is 1930. The van der Waals surface area contributed by atoms with Gasteiger partial charge in [-0.2, -0.15) is 0 Å². The van der Waals surface area contributed by atoms with Crippen molar-refractivity contribution in [1.82, 2.24) is 0 Å². The van der Waals surface area contributed by atoms with E-state index in [0.29, 0.717) is 23.9 Å². The summed E-state index contributed by atoms with van der Waals surface area (Å²) in [6.45, 7) is 4.38. The van der Waals surface area contributed by atoms with Gasteiger partial charge in [-0.3, -0.25) is 18.6 Å². The number of esters is 2. The predicted molar refractivity (Wildman–Crippen MR) is 427 cm³/mol. The molecule has 0 amide bonds. The molecule has 0 bridgehead atoms. The molecule has 0 aliphatic carbocycles. The van der Waals surface area contributed by atoms with E-state index in [-0.39, 0.29) is 25.6 Å². The molecule has 0 aliphatic heterocycles. The van der Waals surface area contributed by atoms with Crippen molar-refractivity contribution in [2.75, 3.05) is 47.5 Å². The number of allylic oxidation sites excluding steroid dienone is 14. The van der Waals surface area contributed by atoms with Crippen LogP contribution in [0.4, 0.5) is 0 Å². The van der Waals surface area contributed by atoms with Crippen LogP contribution in [0, 0.1) is 0 Å². The third-order valence-electron chi connectivity index (χ3n) is 18.9. The number of carbonyl (C=O) groups is 2. The molecule has 98 heavy (non-hydrogen) atoms. The van der Waals surface area contributed by atoms with Crippen LogP contribution in [0.3, 0.4) is 0 Å². The maximum absolute atomic E-state index is 12.9. The molecule has 0 saturated heterocycles. The van der Waals surface area contributed by atoms with Crippen LogP contribution < -0.4 is 0 Å². The van der Waals surface area contributed by atoms with E-state index in [9.17, 15) is 19.0 Å². The highest BCUT2D eigenvalue weighted by molar-refractivity contribution is 7.47. The summed E-state index contributed by atoms with van der Waals surface area (Å²) in [5.74, 6) is -0.775. The van der Waals surface area contributed by atoms with Gasteiger partial charge in [-0.25, -0.2) is 4.57 Å². The predicted octanol–water partition coefficient (Wildman–Crippen LogP) is 28.4. The SMILES string of the molecule is CC/C=C\C/C=C\C/C=C\C/C=C\CCCCCCCCCCCCCCCCCCCCCCCCC(=O)OC(COC(=O)CCCCCCCCCCCCCCCCCCCCCCCCCC/C=C\C/C=C\C/C=C\CCCCCCC)COP(=O)(O)OCC[N+](C)(C)C. The van der Waals surface area contributed by atoms with Crippen LogP contribution in [0.5, 0.6) is 0 Å². The van der Waals surface area contributed by atoms with Gasteiger partial charge in [0, 0.05) is 12.8 Å². The van der Waals surface area contributed by atoms with Gasteiger partial charge < -0.3 is 18.9 Å². The molecule has 2 atom stereocenters. The van der Waals surface area contributed by atoms with Crippen molar-refractivity contribution in [2.45, 2.75) is 418 Å². The van der Waals surface area contributed by atoms with Crippen LogP contribution in [0.15, 0.2) is 85.1 Å². The Labute approximate surface area is 609 Å². The van der Waals surface area contributed by atoms with E-state index < -0.39 is 26.5 Å². The summed E-state index contributed by atoms with van der Waals surface area (Å²) in [7, 11) is 1.50. The minimum atomic E-state index is -4.40. The molecule has 0 spiro atoms. The fourth-order valence-corrected chi connectivity index (χ4v) is 13.2. The highest BCUT2D eigenvalue weighted by Crippen LogP contribution is 2.43. The zero-order valence-electron chi connectivity index (χ0n) is 65.5. The van der Waals surface area contributed by atoms with Gasteiger partial charge in [0.1, 0.15) is 19.8 Å². The number of likely N-dealkylation sites (N-methyl/N-ethyl adjacent to an activating group) is 1. The Hall–Kier alpha value is -2.81. The molecule has 0 aromatic heterocycles. The Balaban J connectivity index is 3.88. The standard InChI is InChI=1S/C88H162NO8P/c1-6-8-10-12-14-16-18-20-22-24-26-28-30-32-34-36-38-40-42-43-44-45-47-48-50-52-54-56-58-60-62-64-66-68-70-72-74-76-78-80-87(90)94-84-86(85-96-98(92,93)95-83-82-89(3,4)5)97-88(91)81-79-77-75-73-71-69-67-65-63-61-59-57-55-53-51-49-46-41-39-37-35-33-31-29-27-25-23-21-19-17-15-13-11-9-7-2/h9,11,15,17-18,20-21,23-24,26-27,29-30,32,86H,6-8,10,12-14,16,19,22,25,28,31,33-85H2,1-5H3/p+1/b11-9-,17-15-,20-18-,23-21-,26-24-,29-27-,32-30-. The average Bonchev–Trinajstić information content (AvgIpc) is 1.08. The average molecular weight is 1390 g/mol. The first kappa shape index (κ1) is 95.2. The lowest BCUT2D eigenvalue weighted by Crippen LogP contribution is -2.37. The van der Waals surface area contributed by atoms with E-state index >= 15 is 0 Å². The van der Waals surface area contributed by atoms with Crippen molar-refractivity contribution in [3.05, 3.63) is 85.1 Å². The minimum Gasteiger partial charge on any atom is -0.462 e. The zero-order chi connectivity index (χ0) is 71.1. The lowest BCUT2D eigenvalue weighted by atomic mass is 10.0. The van der Waals surface area contributed by atoms with Gasteiger partial charge in [-0.15, -0.1) is 0 Å². The van der Waals surface area contributed by atoms with Gasteiger partial charge in [-0.1, -0.05) is 394 Å². The first-order chi connectivity index (χ1) is 48.0. The summed E-state index contributed by atoms with van der Waals surface area (Å²) < 4.78 is 34.9. The van der Waals surface area contributed by atoms with E-state index in [1.165, 1.54) is 308 Å². The lowest BCUT2D eigenvalue weighted by molar-refractivity contribution is -0.870. The van der Waals surface area contributed by atoms with Crippen LogP contribution >= 0.6 is 7.82 Å². The van der Waals surface area contributed by atoms with E-state index in [2.05, 4.69) is 98.9 Å². The van der Waals surface area contributed by atoms with Gasteiger partial charge >= 0.3 is 19.8 Å². The maximum Gasteiger partial charge on any atom is 0.472 e. The fourth-order valence-electron chi connectivity index (χ4n) is 12.5. The van der Waals surface area contributed by atoms with Crippen LogP contribution in [0.2, 0.25) is 0 Å². The molecule has 2 unspecified atom stereocenters. The first-order valence-electron chi connectivity index (χ1n) is 42.3. The van der Waals surface area contributed by atoms with Crippen LogP contribution in [0.1, 0.15) is 412 Å². The van der Waals surface area contributed by atoms with Crippen LogP contribution in [-0.4, -0.2) is 74.9 Å². The van der Waals surface area contributed by atoms with Crippen molar-refractivity contribution in [2.24, 2.45) is 0 Å². The molecular weight excluding hydrogens is 1230 g/mol. The molecule has 0 aromatic rings. The van der Waals surface area contributed by atoms with Crippen molar-refractivity contribution in [3.8, 4) is 0 Å². The minimum absolute atomic E-state index is 0.0332.